The molecule has 0 aliphatic heterocycles. The number of nitrogens with zero attached hydrogens (tertiary/aromatic N) is 4. The van der Waals surface area contributed by atoms with Crippen LogP contribution in [0, 0.1) is 0 Å². The normalized spacial score (nSPS) is 11.3. The Bertz CT molecular complexity index is 886. The minimum absolute atomic E-state index is 0.484. The van der Waals surface area contributed by atoms with E-state index in [-0.39, 0.29) is 0 Å². The summed E-state index contributed by atoms with van der Waals surface area (Å²) in [7, 11) is 1.90. The number of fused-ring (bicyclic) bond motifs is 1. The fourth-order valence-electron chi connectivity index (χ4n) is 2.40. The highest BCUT2D eigenvalue weighted by atomic mass is 16.5. The Morgan fingerprint density at radius 3 is 2.91 bits per heavy atom. The molecule has 0 aliphatic rings. The van der Waals surface area contributed by atoms with Gasteiger partial charge in [0.15, 0.2) is 5.76 Å². The smallest absolute Gasteiger partial charge is 0.238 e. The van der Waals surface area contributed by atoms with Gasteiger partial charge in [-0.25, -0.2) is 0 Å². The monoisotopic (exact) mass is 294 g/mol. The first-order valence-corrected chi connectivity index (χ1v) is 7.07. The van der Waals surface area contributed by atoms with Crippen LogP contribution in [0.4, 0.5) is 0 Å². The molecule has 22 heavy (non-hydrogen) atoms. The molecule has 1 aromatic carbocycles. The number of aromatic nitrogens is 4. The second kappa shape index (κ2) is 5.14. The molecule has 0 bridgehead atoms. The molecule has 0 saturated carbocycles. The molecular formula is C16H14N4O2. The lowest BCUT2D eigenvalue weighted by atomic mass is 10.2. The topological polar surface area (TPSA) is 69.9 Å². The molecule has 0 N–H and O–H groups in total. The van der Waals surface area contributed by atoms with E-state index in [4.69, 9.17) is 8.94 Å². The van der Waals surface area contributed by atoms with Gasteiger partial charge in [0.2, 0.25) is 11.7 Å². The van der Waals surface area contributed by atoms with Crippen molar-refractivity contribution in [2.45, 2.75) is 12.8 Å². The van der Waals surface area contributed by atoms with Gasteiger partial charge < -0.3 is 8.94 Å². The van der Waals surface area contributed by atoms with Crippen LogP contribution >= 0.6 is 0 Å². The van der Waals surface area contributed by atoms with E-state index in [2.05, 4.69) is 15.2 Å². The molecule has 4 rings (SSSR count). The van der Waals surface area contributed by atoms with Crippen molar-refractivity contribution in [1.82, 2.24) is 19.9 Å². The Kier molecular flexibility index (Phi) is 3.00. The summed E-state index contributed by atoms with van der Waals surface area (Å²) < 4.78 is 12.8. The van der Waals surface area contributed by atoms with Gasteiger partial charge in [-0.2, -0.15) is 10.1 Å². The number of hydrogen-bond donors (Lipinski definition) is 0. The standard InChI is InChI=1S/C16H14N4O2/c1-20-10-11(9-17-20)6-7-15-18-16(19-22-15)14-8-12-4-2-3-5-13(12)21-14/h2-5,8-10H,6-7H2,1H3. The van der Waals surface area contributed by atoms with Gasteiger partial charge in [0.05, 0.1) is 6.20 Å². The zero-order valence-electron chi connectivity index (χ0n) is 12.1. The Labute approximate surface area is 126 Å². The van der Waals surface area contributed by atoms with Crippen molar-refractivity contribution in [3.63, 3.8) is 0 Å². The van der Waals surface area contributed by atoms with Crippen LogP contribution in [0.3, 0.4) is 0 Å². The minimum Gasteiger partial charge on any atom is -0.453 e. The van der Waals surface area contributed by atoms with Crippen LogP contribution in [0.1, 0.15) is 11.5 Å². The summed E-state index contributed by atoms with van der Waals surface area (Å²) in [6.45, 7) is 0. The largest absolute Gasteiger partial charge is 0.453 e. The maximum Gasteiger partial charge on any atom is 0.238 e. The van der Waals surface area contributed by atoms with Crippen molar-refractivity contribution in [2.24, 2.45) is 7.05 Å². The average Bonchev–Trinajstić information content (AvgIpc) is 3.23. The summed E-state index contributed by atoms with van der Waals surface area (Å²) in [5, 5.41) is 9.17. The van der Waals surface area contributed by atoms with Crippen molar-refractivity contribution in [2.75, 3.05) is 0 Å². The number of furan rings is 1. The van der Waals surface area contributed by atoms with Gasteiger partial charge in [0.25, 0.3) is 0 Å². The average molecular weight is 294 g/mol. The molecular weight excluding hydrogens is 280 g/mol. The van der Waals surface area contributed by atoms with Crippen LogP contribution in [-0.4, -0.2) is 19.9 Å². The highest BCUT2D eigenvalue weighted by molar-refractivity contribution is 5.81. The molecule has 3 aromatic heterocycles. The summed E-state index contributed by atoms with van der Waals surface area (Å²) >= 11 is 0. The molecule has 3 heterocycles. The lowest BCUT2D eigenvalue weighted by molar-refractivity contribution is 0.378. The van der Waals surface area contributed by atoms with Crippen LogP contribution in [0.25, 0.3) is 22.6 Å². The van der Waals surface area contributed by atoms with Crippen molar-refractivity contribution >= 4 is 11.0 Å². The lowest BCUT2D eigenvalue weighted by Crippen LogP contribution is -1.90. The van der Waals surface area contributed by atoms with Gasteiger partial charge in [0.1, 0.15) is 5.58 Å². The van der Waals surface area contributed by atoms with E-state index in [0.717, 1.165) is 23.0 Å². The summed E-state index contributed by atoms with van der Waals surface area (Å²) in [6.07, 6.45) is 5.32. The fourth-order valence-corrected chi connectivity index (χ4v) is 2.40. The van der Waals surface area contributed by atoms with Crippen LogP contribution in [0.5, 0.6) is 0 Å². The first-order valence-electron chi connectivity index (χ1n) is 7.07. The van der Waals surface area contributed by atoms with E-state index in [9.17, 15) is 0 Å². The fraction of sp³-hybridized carbons (Fsp3) is 0.188. The Balaban J connectivity index is 1.53. The number of rotatable bonds is 4. The molecule has 0 aliphatic carbocycles. The SMILES string of the molecule is Cn1cc(CCc2nc(-c3cc4ccccc4o3)no2)cn1. The van der Waals surface area contributed by atoms with Gasteiger partial charge in [-0.05, 0) is 24.1 Å². The van der Waals surface area contributed by atoms with E-state index in [1.165, 1.54) is 0 Å². The number of benzene rings is 1. The van der Waals surface area contributed by atoms with Gasteiger partial charge >= 0.3 is 0 Å². The van der Waals surface area contributed by atoms with Crippen LogP contribution in [-0.2, 0) is 19.9 Å². The zero-order chi connectivity index (χ0) is 14.9. The molecule has 4 aromatic rings. The van der Waals surface area contributed by atoms with Gasteiger partial charge in [0, 0.05) is 25.1 Å². The van der Waals surface area contributed by atoms with E-state index in [0.29, 0.717) is 23.9 Å². The Morgan fingerprint density at radius 2 is 2.09 bits per heavy atom. The molecule has 0 unspecified atom stereocenters. The summed E-state index contributed by atoms with van der Waals surface area (Å²) in [5.41, 5.74) is 1.96. The molecule has 0 fully saturated rings. The van der Waals surface area contributed by atoms with Crippen LogP contribution < -0.4 is 0 Å². The first kappa shape index (κ1) is 12.8. The third-order valence-corrected chi connectivity index (χ3v) is 3.50. The molecule has 0 saturated heterocycles. The number of para-hydroxylation sites is 1. The second-order valence-electron chi connectivity index (χ2n) is 5.18. The predicted octanol–water partition coefficient (Wildman–Crippen LogP) is 3.00. The number of aryl methyl sites for hydroxylation is 3. The predicted molar refractivity (Wildman–Crippen MR) is 80.1 cm³/mol. The van der Waals surface area contributed by atoms with Gasteiger partial charge in [-0.15, -0.1) is 0 Å². The van der Waals surface area contributed by atoms with Gasteiger partial charge in [-0.1, -0.05) is 23.4 Å². The van der Waals surface area contributed by atoms with E-state index in [1.807, 2.05) is 49.8 Å². The van der Waals surface area contributed by atoms with Crippen LogP contribution in [0.2, 0.25) is 0 Å². The molecule has 0 spiro atoms. The summed E-state index contributed by atoms with van der Waals surface area (Å²) in [4.78, 5) is 4.40. The highest BCUT2D eigenvalue weighted by Gasteiger charge is 2.13. The molecule has 0 radical (unpaired) electrons. The van der Waals surface area contributed by atoms with E-state index in [1.54, 1.807) is 4.68 Å². The van der Waals surface area contributed by atoms with Crippen LogP contribution in [0.15, 0.2) is 51.7 Å². The maximum absolute atomic E-state index is 5.74. The van der Waals surface area contributed by atoms with E-state index >= 15 is 0 Å². The van der Waals surface area contributed by atoms with Crippen molar-refractivity contribution in [3.05, 3.63) is 54.2 Å². The molecule has 110 valence electrons. The van der Waals surface area contributed by atoms with Crippen molar-refractivity contribution < 1.29 is 8.94 Å². The quantitative estimate of drug-likeness (QED) is 0.578. The first-order chi connectivity index (χ1) is 10.8. The second-order valence-corrected chi connectivity index (χ2v) is 5.18. The van der Waals surface area contributed by atoms with E-state index < -0.39 is 0 Å². The van der Waals surface area contributed by atoms with Crippen molar-refractivity contribution in [3.8, 4) is 11.6 Å². The summed E-state index contributed by atoms with van der Waals surface area (Å²) in [5.74, 6) is 1.70. The highest BCUT2D eigenvalue weighted by Crippen LogP contribution is 2.25. The molecule has 6 nitrogen and oxygen atoms in total. The minimum atomic E-state index is 0.484. The summed E-state index contributed by atoms with van der Waals surface area (Å²) in [6, 6.07) is 9.74. The molecule has 6 heteroatoms. The molecule has 0 atom stereocenters. The zero-order valence-corrected chi connectivity index (χ0v) is 12.1. The number of hydrogen-bond acceptors (Lipinski definition) is 5. The Hall–Kier alpha value is -2.89. The van der Waals surface area contributed by atoms with Gasteiger partial charge in [-0.3, -0.25) is 4.68 Å². The maximum atomic E-state index is 5.74. The lowest BCUT2D eigenvalue weighted by Gasteiger charge is -1.91. The van der Waals surface area contributed by atoms with Crippen molar-refractivity contribution in [1.29, 1.82) is 0 Å². The Morgan fingerprint density at radius 1 is 1.18 bits per heavy atom. The third-order valence-electron chi connectivity index (χ3n) is 3.50. The molecule has 0 amide bonds. The third kappa shape index (κ3) is 2.39.